The first-order chi connectivity index (χ1) is 13.0. The number of hydrogen-bond donors (Lipinski definition) is 1. The summed E-state index contributed by atoms with van der Waals surface area (Å²) in [6.45, 7) is 3.95. The van der Waals surface area contributed by atoms with E-state index in [9.17, 15) is 9.59 Å². The second-order valence-electron chi connectivity index (χ2n) is 7.18. The number of carbonyl (C=O) groups excluding carboxylic acids is 2. The Balaban J connectivity index is 1.82. The fourth-order valence-electron chi connectivity index (χ4n) is 3.11. The van der Waals surface area contributed by atoms with Crippen LogP contribution in [-0.4, -0.2) is 30.6 Å². The van der Waals surface area contributed by atoms with Crippen LogP contribution in [0.5, 0.6) is 5.75 Å². The summed E-state index contributed by atoms with van der Waals surface area (Å²) in [6.07, 6.45) is 4.69. The number of amides is 1. The Hall–Kier alpha value is -2.55. The molecule has 1 saturated carbocycles. The first-order valence-electron chi connectivity index (χ1n) is 9.64. The van der Waals surface area contributed by atoms with Crippen molar-refractivity contribution in [2.75, 3.05) is 6.54 Å². The number of para-hydroxylation sites is 1. The first-order valence-corrected chi connectivity index (χ1v) is 9.64. The van der Waals surface area contributed by atoms with Crippen molar-refractivity contribution in [3.05, 3.63) is 29.8 Å². The summed E-state index contributed by atoms with van der Waals surface area (Å²) in [7, 11) is 0. The molecule has 0 unspecified atom stereocenters. The molecule has 1 aromatic carbocycles. The zero-order valence-electron chi connectivity index (χ0n) is 16.1. The summed E-state index contributed by atoms with van der Waals surface area (Å²) in [5.41, 5.74) is 0.381. The van der Waals surface area contributed by atoms with Gasteiger partial charge < -0.3 is 14.8 Å². The van der Waals surface area contributed by atoms with Crippen molar-refractivity contribution < 1.29 is 19.1 Å². The van der Waals surface area contributed by atoms with Crippen LogP contribution in [0, 0.1) is 17.2 Å². The van der Waals surface area contributed by atoms with Gasteiger partial charge in [-0.1, -0.05) is 32.4 Å². The van der Waals surface area contributed by atoms with E-state index >= 15 is 0 Å². The second kappa shape index (κ2) is 10.6. The van der Waals surface area contributed by atoms with Crippen LogP contribution in [0.25, 0.3) is 0 Å². The van der Waals surface area contributed by atoms with Crippen molar-refractivity contribution in [2.45, 2.75) is 64.6 Å². The van der Waals surface area contributed by atoms with Gasteiger partial charge >= 0.3 is 5.97 Å². The average Bonchev–Trinajstić information content (AvgIpc) is 2.66. The topological polar surface area (TPSA) is 88.4 Å². The highest BCUT2D eigenvalue weighted by Gasteiger charge is 2.25. The summed E-state index contributed by atoms with van der Waals surface area (Å²) in [6, 6.07) is 8.87. The van der Waals surface area contributed by atoms with E-state index in [1.807, 2.05) is 13.8 Å². The zero-order chi connectivity index (χ0) is 19.6. The summed E-state index contributed by atoms with van der Waals surface area (Å²) >= 11 is 0. The minimum Gasteiger partial charge on any atom is -0.479 e. The van der Waals surface area contributed by atoms with Crippen molar-refractivity contribution >= 4 is 11.9 Å². The number of benzene rings is 1. The Morgan fingerprint density at radius 2 is 1.93 bits per heavy atom. The Morgan fingerprint density at radius 3 is 2.59 bits per heavy atom. The standard InChI is InChI=1S/C21H28N2O4/c1-15(2)20(27-18-11-7-6-8-16(18)14-22)21(25)23-13-12-19(24)26-17-9-4-3-5-10-17/h6-8,11,15,17,20H,3-5,9-10,12-13H2,1-2H3,(H,23,25)/t20-/m1/s1. The molecule has 1 aliphatic carbocycles. The summed E-state index contributed by atoms with van der Waals surface area (Å²) in [5.74, 6) is -0.293. The lowest BCUT2D eigenvalue weighted by Gasteiger charge is -2.23. The van der Waals surface area contributed by atoms with Crippen LogP contribution >= 0.6 is 0 Å². The molecule has 0 bridgehead atoms. The third-order valence-corrected chi connectivity index (χ3v) is 4.60. The van der Waals surface area contributed by atoms with E-state index in [0.29, 0.717) is 11.3 Å². The number of carbonyl (C=O) groups is 2. The molecule has 2 rings (SSSR count). The number of esters is 1. The lowest BCUT2D eigenvalue weighted by molar-refractivity contribution is -0.150. The normalized spacial score (nSPS) is 15.6. The van der Waals surface area contributed by atoms with Crippen molar-refractivity contribution in [2.24, 2.45) is 5.92 Å². The lowest BCUT2D eigenvalue weighted by atomic mass is 9.98. The number of hydrogen-bond acceptors (Lipinski definition) is 5. The molecule has 6 heteroatoms. The molecule has 0 aromatic heterocycles. The second-order valence-corrected chi connectivity index (χ2v) is 7.18. The molecule has 6 nitrogen and oxygen atoms in total. The van der Waals surface area contributed by atoms with Crippen molar-refractivity contribution in [1.82, 2.24) is 5.32 Å². The molecule has 0 radical (unpaired) electrons. The Labute approximate surface area is 160 Å². The van der Waals surface area contributed by atoms with Gasteiger partial charge in [-0.25, -0.2) is 0 Å². The lowest BCUT2D eigenvalue weighted by Crippen LogP contribution is -2.42. The predicted octanol–water partition coefficient (Wildman–Crippen LogP) is 3.34. The highest BCUT2D eigenvalue weighted by molar-refractivity contribution is 5.82. The van der Waals surface area contributed by atoms with Crippen LogP contribution in [0.3, 0.4) is 0 Å². The van der Waals surface area contributed by atoms with Crippen molar-refractivity contribution in [3.63, 3.8) is 0 Å². The fraction of sp³-hybridized carbons (Fsp3) is 0.571. The average molecular weight is 372 g/mol. The smallest absolute Gasteiger partial charge is 0.307 e. The van der Waals surface area contributed by atoms with Gasteiger partial charge in [0.2, 0.25) is 0 Å². The van der Waals surface area contributed by atoms with Crippen molar-refractivity contribution in [1.29, 1.82) is 5.26 Å². The summed E-state index contributed by atoms with van der Waals surface area (Å²) in [5, 5.41) is 11.9. The molecular weight excluding hydrogens is 344 g/mol. The summed E-state index contributed by atoms with van der Waals surface area (Å²) < 4.78 is 11.2. The van der Waals surface area contributed by atoms with Gasteiger partial charge in [-0.3, -0.25) is 9.59 Å². The predicted molar refractivity (Wildman–Crippen MR) is 101 cm³/mol. The Kier molecular flexibility index (Phi) is 8.12. The van der Waals surface area contributed by atoms with E-state index in [1.165, 1.54) is 6.42 Å². The molecule has 1 aromatic rings. The van der Waals surface area contributed by atoms with Gasteiger partial charge in [0, 0.05) is 6.54 Å². The summed E-state index contributed by atoms with van der Waals surface area (Å²) in [4.78, 5) is 24.4. The maximum absolute atomic E-state index is 12.5. The Bertz CT molecular complexity index is 675. The molecule has 1 atom stereocenters. The molecule has 0 spiro atoms. The highest BCUT2D eigenvalue weighted by atomic mass is 16.5. The Morgan fingerprint density at radius 1 is 1.22 bits per heavy atom. The van der Waals surface area contributed by atoms with Gasteiger partial charge in [0.15, 0.2) is 6.10 Å². The van der Waals surface area contributed by atoms with Gasteiger partial charge in [-0.2, -0.15) is 5.26 Å². The number of rotatable bonds is 8. The largest absolute Gasteiger partial charge is 0.479 e. The molecule has 146 valence electrons. The highest BCUT2D eigenvalue weighted by Crippen LogP contribution is 2.21. The van der Waals surface area contributed by atoms with E-state index in [0.717, 1.165) is 25.7 Å². The van der Waals surface area contributed by atoms with Gasteiger partial charge in [-0.05, 0) is 43.7 Å². The molecule has 1 fully saturated rings. The molecular formula is C21H28N2O4. The van der Waals surface area contributed by atoms with Crippen LogP contribution in [0.4, 0.5) is 0 Å². The van der Waals surface area contributed by atoms with Crippen LogP contribution < -0.4 is 10.1 Å². The van der Waals surface area contributed by atoms with Crippen LogP contribution in [0.1, 0.15) is 57.9 Å². The van der Waals surface area contributed by atoms with Gasteiger partial charge in [-0.15, -0.1) is 0 Å². The van der Waals surface area contributed by atoms with E-state index in [2.05, 4.69) is 11.4 Å². The molecule has 1 aliphatic rings. The maximum atomic E-state index is 12.5. The number of nitriles is 1. The monoisotopic (exact) mass is 372 g/mol. The fourth-order valence-corrected chi connectivity index (χ4v) is 3.11. The van der Waals surface area contributed by atoms with Gasteiger partial charge in [0.05, 0.1) is 12.0 Å². The molecule has 0 heterocycles. The van der Waals surface area contributed by atoms with Gasteiger partial charge in [0.25, 0.3) is 5.91 Å². The zero-order valence-corrected chi connectivity index (χ0v) is 16.1. The molecule has 1 N–H and O–H groups in total. The van der Waals surface area contributed by atoms with Crippen LogP contribution in [0.15, 0.2) is 24.3 Å². The number of nitrogens with zero attached hydrogens (tertiary/aromatic N) is 1. The minimum atomic E-state index is -0.742. The first kappa shape index (κ1) is 20.8. The van der Waals surface area contributed by atoms with E-state index in [4.69, 9.17) is 14.7 Å². The molecule has 1 amide bonds. The minimum absolute atomic E-state index is 0.0242. The van der Waals surface area contributed by atoms with Crippen LogP contribution in [-0.2, 0) is 14.3 Å². The van der Waals surface area contributed by atoms with E-state index in [1.54, 1.807) is 24.3 Å². The van der Waals surface area contributed by atoms with Gasteiger partial charge in [0.1, 0.15) is 17.9 Å². The third kappa shape index (κ3) is 6.59. The molecule has 0 saturated heterocycles. The van der Waals surface area contributed by atoms with E-state index < -0.39 is 6.10 Å². The number of ether oxygens (including phenoxy) is 2. The molecule has 0 aliphatic heterocycles. The quantitative estimate of drug-likeness (QED) is 0.707. The number of nitrogens with one attached hydrogen (secondary N) is 1. The third-order valence-electron chi connectivity index (χ3n) is 4.60. The van der Waals surface area contributed by atoms with Crippen molar-refractivity contribution in [3.8, 4) is 11.8 Å². The molecule has 27 heavy (non-hydrogen) atoms. The maximum Gasteiger partial charge on any atom is 0.307 e. The SMILES string of the molecule is CC(C)[C@@H](Oc1ccccc1C#N)C(=O)NCCC(=O)OC1CCCCC1. The van der Waals surface area contributed by atoms with E-state index in [-0.39, 0.29) is 36.9 Å². The van der Waals surface area contributed by atoms with Crippen LogP contribution in [0.2, 0.25) is 0 Å².